The normalized spacial score (nSPS) is 10.7. The number of rotatable bonds is 5. The lowest BCUT2D eigenvalue weighted by atomic mass is 10.1. The summed E-state index contributed by atoms with van der Waals surface area (Å²) in [5, 5.41) is 5.43. The van der Waals surface area contributed by atoms with E-state index in [1.54, 1.807) is 36.1 Å². The molecule has 0 radical (unpaired) electrons. The van der Waals surface area contributed by atoms with E-state index in [9.17, 15) is 4.79 Å². The van der Waals surface area contributed by atoms with E-state index in [0.717, 1.165) is 17.0 Å². The second-order valence-corrected chi connectivity index (χ2v) is 6.45. The molecular weight excluding hydrogens is 359 g/mol. The van der Waals surface area contributed by atoms with Crippen molar-refractivity contribution in [3.8, 4) is 11.4 Å². The van der Waals surface area contributed by atoms with Crippen molar-refractivity contribution in [3.63, 3.8) is 0 Å². The van der Waals surface area contributed by atoms with Gasteiger partial charge in [-0.05, 0) is 42.0 Å². The fraction of sp³-hybridized carbons (Fsp3) is 0.158. The van der Waals surface area contributed by atoms with Crippen molar-refractivity contribution < 1.29 is 9.53 Å². The Morgan fingerprint density at radius 3 is 2.44 bits per heavy atom. The van der Waals surface area contributed by atoms with E-state index in [-0.39, 0.29) is 5.78 Å². The first-order chi connectivity index (χ1) is 12.0. The van der Waals surface area contributed by atoms with Gasteiger partial charge in [-0.15, -0.1) is 0 Å². The number of carbonyl (C=O) groups is 1. The molecule has 0 bridgehead atoms. The summed E-state index contributed by atoms with van der Waals surface area (Å²) in [6, 6.07) is 14.7. The highest BCUT2D eigenvalue weighted by molar-refractivity contribution is 6.35. The molecule has 4 nitrogen and oxygen atoms in total. The molecule has 0 fully saturated rings. The predicted molar refractivity (Wildman–Crippen MR) is 99.4 cm³/mol. The first-order valence-electron chi connectivity index (χ1n) is 7.66. The second kappa shape index (κ2) is 7.30. The van der Waals surface area contributed by atoms with Gasteiger partial charge in [0.25, 0.3) is 0 Å². The van der Waals surface area contributed by atoms with Gasteiger partial charge < -0.3 is 4.74 Å². The number of aromatic nitrogens is 2. The Bertz CT molecular complexity index is 918. The molecule has 2 aromatic carbocycles. The van der Waals surface area contributed by atoms with Gasteiger partial charge in [-0.3, -0.25) is 4.79 Å². The highest BCUT2D eigenvalue weighted by atomic mass is 35.5. The van der Waals surface area contributed by atoms with Gasteiger partial charge in [0.05, 0.1) is 17.8 Å². The van der Waals surface area contributed by atoms with Gasteiger partial charge in [0, 0.05) is 24.1 Å². The summed E-state index contributed by atoms with van der Waals surface area (Å²) >= 11 is 12.3. The molecule has 1 heterocycles. The van der Waals surface area contributed by atoms with Crippen LogP contribution in [0.2, 0.25) is 10.0 Å². The van der Waals surface area contributed by atoms with Crippen molar-refractivity contribution in [2.24, 2.45) is 0 Å². The molecule has 0 aliphatic rings. The monoisotopic (exact) mass is 374 g/mol. The molecule has 0 unspecified atom stereocenters. The molecule has 3 aromatic rings. The molecule has 0 aliphatic carbocycles. The third kappa shape index (κ3) is 3.86. The minimum atomic E-state index is -0.0974. The number of hydrogen-bond donors (Lipinski definition) is 0. The summed E-state index contributed by atoms with van der Waals surface area (Å²) in [5.41, 5.74) is 3.01. The van der Waals surface area contributed by atoms with Crippen molar-refractivity contribution in [2.75, 3.05) is 7.11 Å². The molecule has 0 amide bonds. The van der Waals surface area contributed by atoms with Gasteiger partial charge in [-0.2, -0.15) is 5.10 Å². The average molecular weight is 375 g/mol. The number of hydrogen-bond acceptors (Lipinski definition) is 3. The number of nitrogens with zero attached hydrogens (tertiary/aromatic N) is 2. The zero-order valence-corrected chi connectivity index (χ0v) is 15.3. The van der Waals surface area contributed by atoms with Crippen molar-refractivity contribution >= 4 is 29.0 Å². The van der Waals surface area contributed by atoms with Crippen molar-refractivity contribution in [1.29, 1.82) is 0 Å². The highest BCUT2D eigenvalue weighted by Gasteiger charge is 2.15. The number of ether oxygens (including phenoxy) is 1. The van der Waals surface area contributed by atoms with E-state index in [1.807, 2.05) is 24.3 Å². The van der Waals surface area contributed by atoms with E-state index < -0.39 is 0 Å². The largest absolute Gasteiger partial charge is 0.497 e. The maximum absolute atomic E-state index is 11.8. The quantitative estimate of drug-likeness (QED) is 0.591. The van der Waals surface area contributed by atoms with E-state index in [0.29, 0.717) is 27.8 Å². The van der Waals surface area contributed by atoms with Gasteiger partial charge in [-0.1, -0.05) is 35.3 Å². The number of Topliss-reactive ketones (excluding diaryl/α,β-unsaturated/α-hetero) is 1. The van der Waals surface area contributed by atoms with Crippen LogP contribution >= 0.6 is 23.2 Å². The van der Waals surface area contributed by atoms with Gasteiger partial charge in [0.15, 0.2) is 5.78 Å². The van der Waals surface area contributed by atoms with Crippen LogP contribution in [0.15, 0.2) is 48.5 Å². The minimum Gasteiger partial charge on any atom is -0.497 e. The van der Waals surface area contributed by atoms with Crippen LogP contribution in [0.1, 0.15) is 28.7 Å². The summed E-state index contributed by atoms with van der Waals surface area (Å²) in [7, 11) is 1.63. The van der Waals surface area contributed by atoms with E-state index in [2.05, 4.69) is 5.10 Å². The molecule has 128 valence electrons. The Hall–Kier alpha value is -2.30. The highest BCUT2D eigenvalue weighted by Crippen LogP contribution is 2.26. The van der Waals surface area contributed by atoms with Gasteiger partial charge in [0.1, 0.15) is 11.4 Å². The van der Waals surface area contributed by atoms with Crippen molar-refractivity contribution in [3.05, 3.63) is 75.5 Å². The molecular formula is C19H16Cl2N2O2. The van der Waals surface area contributed by atoms with Crippen LogP contribution in [0.3, 0.4) is 0 Å². The summed E-state index contributed by atoms with van der Waals surface area (Å²) in [6.45, 7) is 1.49. The molecule has 0 aliphatic heterocycles. The zero-order chi connectivity index (χ0) is 18.0. The Morgan fingerprint density at radius 2 is 1.84 bits per heavy atom. The Kier molecular flexibility index (Phi) is 5.11. The van der Waals surface area contributed by atoms with Crippen LogP contribution in [0.25, 0.3) is 5.69 Å². The zero-order valence-electron chi connectivity index (χ0n) is 13.8. The first-order valence-corrected chi connectivity index (χ1v) is 8.42. The Balaban J connectivity index is 2.03. The van der Waals surface area contributed by atoms with Crippen LogP contribution in [-0.4, -0.2) is 22.7 Å². The van der Waals surface area contributed by atoms with Crippen LogP contribution in [0.5, 0.6) is 5.75 Å². The number of benzene rings is 2. The molecule has 3 rings (SSSR count). The standard InChI is InChI=1S/C19H16Cl2N2O2/c1-12(24)18-11-15(9-13-3-6-16(25-2)7-4-13)23(22-18)19-8-5-14(20)10-17(19)21/h3-8,10-11H,9H2,1-2H3. The van der Waals surface area contributed by atoms with Crippen LogP contribution in [-0.2, 0) is 6.42 Å². The van der Waals surface area contributed by atoms with Crippen LogP contribution < -0.4 is 4.74 Å². The SMILES string of the molecule is COc1ccc(Cc2cc(C(C)=O)nn2-c2ccc(Cl)cc2Cl)cc1. The lowest BCUT2D eigenvalue weighted by molar-refractivity contribution is 0.101. The summed E-state index contributed by atoms with van der Waals surface area (Å²) in [5.74, 6) is 0.697. The lowest BCUT2D eigenvalue weighted by Crippen LogP contribution is -2.04. The maximum Gasteiger partial charge on any atom is 0.180 e. The van der Waals surface area contributed by atoms with Gasteiger partial charge in [0.2, 0.25) is 0 Å². The molecule has 25 heavy (non-hydrogen) atoms. The predicted octanol–water partition coefficient (Wildman–Crippen LogP) is 4.98. The Morgan fingerprint density at radius 1 is 1.12 bits per heavy atom. The van der Waals surface area contributed by atoms with E-state index in [1.165, 1.54) is 6.92 Å². The number of halogens is 2. The lowest BCUT2D eigenvalue weighted by Gasteiger charge is -2.10. The van der Waals surface area contributed by atoms with Crippen molar-refractivity contribution in [1.82, 2.24) is 9.78 Å². The number of ketones is 1. The third-order valence-corrected chi connectivity index (χ3v) is 4.36. The minimum absolute atomic E-state index is 0.0974. The molecule has 0 N–H and O–H groups in total. The smallest absolute Gasteiger partial charge is 0.180 e. The first kappa shape index (κ1) is 17.5. The summed E-state index contributed by atoms with van der Waals surface area (Å²) < 4.78 is 6.88. The fourth-order valence-electron chi connectivity index (χ4n) is 2.53. The van der Waals surface area contributed by atoms with Crippen molar-refractivity contribution in [2.45, 2.75) is 13.3 Å². The van der Waals surface area contributed by atoms with E-state index >= 15 is 0 Å². The molecule has 0 saturated carbocycles. The maximum atomic E-state index is 11.8. The topological polar surface area (TPSA) is 44.1 Å². The summed E-state index contributed by atoms with van der Waals surface area (Å²) in [6.07, 6.45) is 0.600. The average Bonchev–Trinajstić information content (AvgIpc) is 2.99. The molecule has 0 spiro atoms. The number of methoxy groups -OCH3 is 1. The molecule has 1 aromatic heterocycles. The molecule has 6 heteroatoms. The van der Waals surface area contributed by atoms with E-state index in [4.69, 9.17) is 27.9 Å². The number of carbonyl (C=O) groups excluding carboxylic acids is 1. The van der Waals surface area contributed by atoms with Gasteiger partial charge in [-0.25, -0.2) is 4.68 Å². The second-order valence-electron chi connectivity index (χ2n) is 5.61. The Labute approximate surface area is 155 Å². The van der Waals surface area contributed by atoms with Gasteiger partial charge >= 0.3 is 0 Å². The molecule has 0 saturated heterocycles. The summed E-state index contributed by atoms with van der Waals surface area (Å²) in [4.78, 5) is 11.8. The fourth-order valence-corrected chi connectivity index (χ4v) is 3.02. The van der Waals surface area contributed by atoms with Crippen LogP contribution in [0, 0.1) is 0 Å². The third-order valence-electron chi connectivity index (χ3n) is 3.83. The van der Waals surface area contributed by atoms with Crippen LogP contribution in [0.4, 0.5) is 0 Å². The molecule has 0 atom stereocenters.